The summed E-state index contributed by atoms with van der Waals surface area (Å²) in [5.74, 6) is 2.74. The maximum atomic E-state index is 5.49. The van der Waals surface area contributed by atoms with Crippen LogP contribution in [0.1, 0.15) is 12.7 Å². The Morgan fingerprint density at radius 1 is 1.23 bits per heavy atom. The summed E-state index contributed by atoms with van der Waals surface area (Å²) in [6.07, 6.45) is 1.76. The van der Waals surface area contributed by atoms with Crippen LogP contribution in [0, 0.1) is 0 Å². The summed E-state index contributed by atoms with van der Waals surface area (Å²) in [4.78, 5) is 9.06. The second-order valence-electron chi connectivity index (χ2n) is 6.08. The molecule has 1 fully saturated rings. The van der Waals surface area contributed by atoms with E-state index < -0.39 is 0 Å². The molecule has 26 heavy (non-hydrogen) atoms. The number of methoxy groups -OCH3 is 1. The van der Waals surface area contributed by atoms with Gasteiger partial charge in [-0.05, 0) is 19.1 Å². The molecule has 0 atom stereocenters. The fourth-order valence-electron chi connectivity index (χ4n) is 3.22. The molecule has 0 bridgehead atoms. The fraction of sp³-hybridized carbons (Fsp3) is 0.500. The number of anilines is 1. The molecule has 1 saturated heterocycles. The number of para-hydroxylation sites is 2. The Labute approximate surface area is 154 Å². The van der Waals surface area contributed by atoms with Crippen LogP contribution in [0.4, 0.5) is 5.69 Å². The van der Waals surface area contributed by atoms with Crippen molar-refractivity contribution in [3.05, 3.63) is 36.4 Å². The van der Waals surface area contributed by atoms with Crippen molar-refractivity contribution in [1.82, 2.24) is 25.0 Å². The monoisotopic (exact) mass is 357 g/mol. The zero-order valence-corrected chi connectivity index (χ0v) is 15.7. The summed E-state index contributed by atoms with van der Waals surface area (Å²) in [6, 6.07) is 8.17. The molecule has 2 aromatic rings. The van der Waals surface area contributed by atoms with Crippen molar-refractivity contribution < 1.29 is 4.74 Å². The Hall–Kier alpha value is -2.77. The number of aromatic nitrogens is 3. The molecule has 8 heteroatoms. The van der Waals surface area contributed by atoms with E-state index in [0.29, 0.717) is 6.54 Å². The van der Waals surface area contributed by atoms with Gasteiger partial charge in [0.15, 0.2) is 11.8 Å². The Morgan fingerprint density at radius 3 is 2.69 bits per heavy atom. The van der Waals surface area contributed by atoms with Gasteiger partial charge < -0.3 is 24.4 Å². The molecule has 0 aliphatic carbocycles. The molecule has 0 spiro atoms. The summed E-state index contributed by atoms with van der Waals surface area (Å²) in [7, 11) is 3.54. The third-order valence-corrected chi connectivity index (χ3v) is 4.66. The van der Waals surface area contributed by atoms with E-state index in [-0.39, 0.29) is 0 Å². The smallest absolute Gasteiger partial charge is 0.194 e. The van der Waals surface area contributed by atoms with Gasteiger partial charge >= 0.3 is 0 Å². The topological polar surface area (TPSA) is 70.8 Å². The Morgan fingerprint density at radius 2 is 2.00 bits per heavy atom. The lowest BCUT2D eigenvalue weighted by Crippen LogP contribution is -2.52. The third kappa shape index (κ3) is 3.89. The van der Waals surface area contributed by atoms with Crippen LogP contribution in [0.5, 0.6) is 5.75 Å². The van der Waals surface area contributed by atoms with E-state index in [9.17, 15) is 0 Å². The van der Waals surface area contributed by atoms with Crippen LogP contribution in [-0.2, 0) is 13.1 Å². The van der Waals surface area contributed by atoms with E-state index in [1.807, 2.05) is 23.7 Å². The number of aryl methyl sites for hydroxylation is 1. The SMILES string of the molecule is CCn1cnnc1CNC(=NC)N1CCN(c2ccccc2OC)CC1. The summed E-state index contributed by atoms with van der Waals surface area (Å²) < 4.78 is 7.52. The van der Waals surface area contributed by atoms with Crippen molar-refractivity contribution in [2.75, 3.05) is 45.2 Å². The number of hydrogen-bond acceptors (Lipinski definition) is 5. The summed E-state index contributed by atoms with van der Waals surface area (Å²) in [6.45, 7) is 7.21. The molecule has 1 aliphatic rings. The number of rotatable bonds is 5. The first-order valence-electron chi connectivity index (χ1n) is 8.97. The van der Waals surface area contributed by atoms with Gasteiger partial charge in [0.25, 0.3) is 0 Å². The molecular formula is C18H27N7O. The maximum absolute atomic E-state index is 5.49. The standard InChI is InChI=1S/C18H27N7O/c1-4-23-14-21-22-17(23)13-20-18(19-2)25-11-9-24(10-12-25)15-7-5-6-8-16(15)26-3/h5-8,14H,4,9-13H2,1-3H3,(H,19,20). The number of piperazine rings is 1. The molecule has 0 radical (unpaired) electrons. The van der Waals surface area contributed by atoms with Gasteiger partial charge in [-0.25, -0.2) is 0 Å². The summed E-state index contributed by atoms with van der Waals surface area (Å²) >= 11 is 0. The zero-order chi connectivity index (χ0) is 18.4. The van der Waals surface area contributed by atoms with E-state index in [4.69, 9.17) is 4.74 Å². The fourth-order valence-corrected chi connectivity index (χ4v) is 3.22. The third-order valence-electron chi connectivity index (χ3n) is 4.66. The minimum atomic E-state index is 0.618. The van der Waals surface area contributed by atoms with Crippen LogP contribution in [0.2, 0.25) is 0 Å². The second kappa shape index (κ2) is 8.55. The predicted octanol–water partition coefficient (Wildman–Crippen LogP) is 1.20. The van der Waals surface area contributed by atoms with Gasteiger partial charge in [-0.1, -0.05) is 12.1 Å². The van der Waals surface area contributed by atoms with Crippen molar-refractivity contribution in [2.45, 2.75) is 20.0 Å². The summed E-state index contributed by atoms with van der Waals surface area (Å²) in [5, 5.41) is 11.5. The number of nitrogens with zero attached hydrogens (tertiary/aromatic N) is 6. The van der Waals surface area contributed by atoms with Crippen molar-refractivity contribution in [3.8, 4) is 5.75 Å². The molecule has 1 aliphatic heterocycles. The Kier molecular flexibility index (Phi) is 5.93. The molecule has 1 N–H and O–H groups in total. The van der Waals surface area contributed by atoms with Gasteiger partial charge in [-0.15, -0.1) is 10.2 Å². The second-order valence-corrected chi connectivity index (χ2v) is 6.08. The van der Waals surface area contributed by atoms with Gasteiger partial charge in [0.1, 0.15) is 12.1 Å². The molecule has 2 heterocycles. The van der Waals surface area contributed by atoms with Crippen LogP contribution >= 0.6 is 0 Å². The van der Waals surface area contributed by atoms with Crippen LogP contribution in [-0.4, -0.2) is 66.0 Å². The lowest BCUT2D eigenvalue weighted by molar-refractivity contribution is 0.366. The van der Waals surface area contributed by atoms with Gasteiger partial charge in [0.05, 0.1) is 19.3 Å². The molecule has 1 aromatic carbocycles. The van der Waals surface area contributed by atoms with E-state index in [1.165, 1.54) is 0 Å². The molecule has 0 saturated carbocycles. The van der Waals surface area contributed by atoms with Crippen LogP contribution in [0.15, 0.2) is 35.6 Å². The predicted molar refractivity (Wildman–Crippen MR) is 103 cm³/mol. The normalized spacial score (nSPS) is 15.3. The molecule has 1 aromatic heterocycles. The molecule has 3 rings (SSSR count). The van der Waals surface area contributed by atoms with Crippen LogP contribution in [0.25, 0.3) is 0 Å². The highest BCUT2D eigenvalue weighted by Gasteiger charge is 2.21. The summed E-state index contributed by atoms with van der Waals surface area (Å²) in [5.41, 5.74) is 1.15. The Balaban J connectivity index is 1.57. The first-order valence-corrected chi connectivity index (χ1v) is 8.97. The number of guanidine groups is 1. The highest BCUT2D eigenvalue weighted by atomic mass is 16.5. The first kappa shape index (κ1) is 18.0. The minimum Gasteiger partial charge on any atom is -0.495 e. The maximum Gasteiger partial charge on any atom is 0.194 e. The van der Waals surface area contributed by atoms with E-state index in [0.717, 1.165) is 55.9 Å². The highest BCUT2D eigenvalue weighted by molar-refractivity contribution is 5.80. The highest BCUT2D eigenvalue weighted by Crippen LogP contribution is 2.28. The van der Waals surface area contributed by atoms with Gasteiger partial charge in [-0.2, -0.15) is 0 Å². The van der Waals surface area contributed by atoms with Crippen molar-refractivity contribution in [3.63, 3.8) is 0 Å². The molecule has 0 amide bonds. The lowest BCUT2D eigenvalue weighted by Gasteiger charge is -2.38. The average Bonchev–Trinajstić information content (AvgIpc) is 3.16. The van der Waals surface area contributed by atoms with E-state index in [1.54, 1.807) is 13.4 Å². The van der Waals surface area contributed by atoms with Crippen molar-refractivity contribution in [1.29, 1.82) is 0 Å². The quantitative estimate of drug-likeness (QED) is 0.641. The Bertz CT molecular complexity index is 735. The van der Waals surface area contributed by atoms with Gasteiger partial charge in [0, 0.05) is 39.8 Å². The number of ether oxygens (including phenoxy) is 1. The number of aliphatic imine (C=N–C) groups is 1. The molecule has 140 valence electrons. The zero-order valence-electron chi connectivity index (χ0n) is 15.7. The average molecular weight is 357 g/mol. The first-order chi connectivity index (χ1) is 12.8. The number of nitrogens with one attached hydrogen (secondary N) is 1. The molecular weight excluding hydrogens is 330 g/mol. The van der Waals surface area contributed by atoms with Crippen LogP contribution in [0.3, 0.4) is 0 Å². The van der Waals surface area contributed by atoms with Crippen molar-refractivity contribution in [2.24, 2.45) is 4.99 Å². The van der Waals surface area contributed by atoms with E-state index in [2.05, 4.69) is 49.4 Å². The number of benzene rings is 1. The minimum absolute atomic E-state index is 0.618. The van der Waals surface area contributed by atoms with Crippen molar-refractivity contribution >= 4 is 11.6 Å². The lowest BCUT2D eigenvalue weighted by atomic mass is 10.2. The molecule has 0 unspecified atom stereocenters. The van der Waals surface area contributed by atoms with Gasteiger partial charge in [-0.3, -0.25) is 4.99 Å². The van der Waals surface area contributed by atoms with Crippen LogP contribution < -0.4 is 15.0 Å². The van der Waals surface area contributed by atoms with Gasteiger partial charge in [0.2, 0.25) is 0 Å². The molecule has 8 nitrogen and oxygen atoms in total. The van der Waals surface area contributed by atoms with E-state index >= 15 is 0 Å². The largest absolute Gasteiger partial charge is 0.495 e. The number of hydrogen-bond donors (Lipinski definition) is 1.